The van der Waals surface area contributed by atoms with E-state index in [4.69, 9.17) is 0 Å². The van der Waals surface area contributed by atoms with Gasteiger partial charge in [-0.05, 0) is 45.3 Å². The molecule has 1 aliphatic heterocycles. The van der Waals surface area contributed by atoms with Gasteiger partial charge in [-0.1, -0.05) is 32.6 Å². The molecule has 1 saturated heterocycles. The lowest BCUT2D eigenvalue weighted by molar-refractivity contribution is -0.122. The van der Waals surface area contributed by atoms with E-state index in [9.17, 15) is 4.79 Å². The van der Waals surface area contributed by atoms with Crippen molar-refractivity contribution in [1.29, 1.82) is 0 Å². The Bertz CT molecular complexity index is 307. The first-order chi connectivity index (χ1) is 10.3. The average molecular weight is 295 g/mol. The Morgan fingerprint density at radius 1 is 1.05 bits per heavy atom. The summed E-state index contributed by atoms with van der Waals surface area (Å²) >= 11 is 0. The second-order valence-corrected chi connectivity index (χ2v) is 6.71. The van der Waals surface area contributed by atoms with E-state index in [1.807, 2.05) is 0 Å². The lowest BCUT2D eigenvalue weighted by Crippen LogP contribution is -2.58. The van der Waals surface area contributed by atoms with Crippen molar-refractivity contribution < 1.29 is 4.79 Å². The highest BCUT2D eigenvalue weighted by molar-refractivity contribution is 5.76. The molecule has 1 saturated carbocycles. The quantitative estimate of drug-likeness (QED) is 0.708. The van der Waals surface area contributed by atoms with Crippen molar-refractivity contribution >= 4 is 5.91 Å². The van der Waals surface area contributed by atoms with E-state index in [2.05, 4.69) is 22.5 Å². The molecule has 21 heavy (non-hydrogen) atoms. The molecule has 0 atom stereocenters. The van der Waals surface area contributed by atoms with Gasteiger partial charge in [0.15, 0.2) is 0 Å². The molecule has 0 radical (unpaired) electrons. The summed E-state index contributed by atoms with van der Waals surface area (Å²) in [6, 6.07) is 0. The third-order valence-electron chi connectivity index (χ3n) is 5.20. The SMILES string of the molecule is CCNCCC(=O)NCC1(N2CCCCC2)CCCCC1. The second kappa shape index (κ2) is 8.74. The molecule has 122 valence electrons. The molecular weight excluding hydrogens is 262 g/mol. The van der Waals surface area contributed by atoms with Crippen molar-refractivity contribution in [2.75, 3.05) is 32.7 Å². The molecule has 1 heterocycles. The maximum atomic E-state index is 12.0. The summed E-state index contributed by atoms with van der Waals surface area (Å²) in [5.41, 5.74) is 0.256. The predicted molar refractivity (Wildman–Crippen MR) is 87.4 cm³/mol. The van der Waals surface area contributed by atoms with Crippen molar-refractivity contribution in [3.63, 3.8) is 0 Å². The van der Waals surface area contributed by atoms with Gasteiger partial charge < -0.3 is 10.6 Å². The summed E-state index contributed by atoms with van der Waals surface area (Å²) in [7, 11) is 0. The fraction of sp³-hybridized carbons (Fsp3) is 0.941. The Morgan fingerprint density at radius 2 is 1.71 bits per heavy atom. The van der Waals surface area contributed by atoms with Gasteiger partial charge in [0.1, 0.15) is 0 Å². The molecule has 2 N–H and O–H groups in total. The molecule has 4 heteroatoms. The molecule has 0 spiro atoms. The first kappa shape index (κ1) is 16.8. The van der Waals surface area contributed by atoms with Crippen molar-refractivity contribution in [3.05, 3.63) is 0 Å². The van der Waals surface area contributed by atoms with Crippen LogP contribution in [0.1, 0.15) is 64.7 Å². The zero-order valence-electron chi connectivity index (χ0n) is 13.8. The standard InChI is InChI=1S/C17H33N3O/c1-2-18-12-9-16(21)19-15-17(10-5-3-6-11-17)20-13-7-4-8-14-20/h18H,2-15H2,1H3,(H,19,21). The number of nitrogens with zero attached hydrogens (tertiary/aromatic N) is 1. The van der Waals surface area contributed by atoms with Crippen LogP contribution in [0.15, 0.2) is 0 Å². The predicted octanol–water partition coefficient (Wildman–Crippen LogP) is 2.29. The van der Waals surface area contributed by atoms with Crippen LogP contribution in [0.5, 0.6) is 0 Å². The Balaban J connectivity index is 1.85. The molecule has 0 bridgehead atoms. The number of amides is 1. The highest BCUT2D eigenvalue weighted by atomic mass is 16.1. The minimum Gasteiger partial charge on any atom is -0.354 e. The first-order valence-electron chi connectivity index (χ1n) is 8.99. The third kappa shape index (κ3) is 4.96. The summed E-state index contributed by atoms with van der Waals surface area (Å²) in [4.78, 5) is 14.7. The fourth-order valence-corrected chi connectivity index (χ4v) is 3.91. The van der Waals surface area contributed by atoms with Crippen LogP contribution >= 0.6 is 0 Å². The van der Waals surface area contributed by atoms with E-state index < -0.39 is 0 Å². The molecule has 2 rings (SSSR count). The van der Waals surface area contributed by atoms with Crippen molar-refractivity contribution in [2.24, 2.45) is 0 Å². The van der Waals surface area contributed by atoms with Crippen LogP contribution in [0.4, 0.5) is 0 Å². The molecular formula is C17H33N3O. The molecule has 0 unspecified atom stereocenters. The van der Waals surface area contributed by atoms with E-state index in [1.165, 1.54) is 64.5 Å². The van der Waals surface area contributed by atoms with E-state index >= 15 is 0 Å². The van der Waals surface area contributed by atoms with Crippen LogP contribution < -0.4 is 10.6 Å². The zero-order chi connectivity index (χ0) is 15.0. The zero-order valence-corrected chi connectivity index (χ0v) is 13.8. The van der Waals surface area contributed by atoms with Gasteiger partial charge in [0.05, 0.1) is 0 Å². The Hall–Kier alpha value is -0.610. The monoisotopic (exact) mass is 295 g/mol. The summed E-state index contributed by atoms with van der Waals surface area (Å²) in [5.74, 6) is 0.206. The smallest absolute Gasteiger partial charge is 0.221 e. The Morgan fingerprint density at radius 3 is 2.38 bits per heavy atom. The van der Waals surface area contributed by atoms with Gasteiger partial charge in [-0.25, -0.2) is 0 Å². The maximum Gasteiger partial charge on any atom is 0.221 e. The van der Waals surface area contributed by atoms with Gasteiger partial charge in [0, 0.05) is 25.0 Å². The summed E-state index contributed by atoms with van der Waals surface area (Å²) < 4.78 is 0. The lowest BCUT2D eigenvalue weighted by atomic mass is 9.79. The van der Waals surface area contributed by atoms with Crippen LogP contribution in [0.25, 0.3) is 0 Å². The third-order valence-corrected chi connectivity index (χ3v) is 5.20. The van der Waals surface area contributed by atoms with Crippen LogP contribution in [0.3, 0.4) is 0 Å². The Kier molecular flexibility index (Phi) is 6.97. The number of rotatable bonds is 7. The highest BCUT2D eigenvalue weighted by Crippen LogP contribution is 2.35. The number of hydrogen-bond donors (Lipinski definition) is 2. The number of hydrogen-bond acceptors (Lipinski definition) is 3. The first-order valence-corrected chi connectivity index (χ1v) is 8.99. The van der Waals surface area contributed by atoms with Crippen LogP contribution in [-0.4, -0.2) is 49.1 Å². The van der Waals surface area contributed by atoms with Gasteiger partial charge in [-0.15, -0.1) is 0 Å². The number of carbonyl (C=O) groups excluding carboxylic acids is 1. The molecule has 0 aromatic heterocycles. The second-order valence-electron chi connectivity index (χ2n) is 6.71. The van der Waals surface area contributed by atoms with Crippen molar-refractivity contribution in [1.82, 2.24) is 15.5 Å². The van der Waals surface area contributed by atoms with Gasteiger partial charge in [-0.3, -0.25) is 9.69 Å². The van der Waals surface area contributed by atoms with Crippen molar-refractivity contribution in [2.45, 2.75) is 70.3 Å². The average Bonchev–Trinajstić information content (AvgIpc) is 2.55. The summed E-state index contributed by atoms with van der Waals surface area (Å²) in [6.07, 6.45) is 11.2. The minimum atomic E-state index is 0.206. The van der Waals surface area contributed by atoms with E-state index in [0.29, 0.717) is 6.42 Å². The fourth-order valence-electron chi connectivity index (χ4n) is 3.91. The lowest BCUT2D eigenvalue weighted by Gasteiger charge is -2.48. The van der Waals surface area contributed by atoms with E-state index in [1.54, 1.807) is 0 Å². The van der Waals surface area contributed by atoms with Crippen LogP contribution in [0, 0.1) is 0 Å². The molecule has 1 amide bonds. The normalized spacial score (nSPS) is 22.9. The van der Waals surface area contributed by atoms with E-state index in [-0.39, 0.29) is 11.4 Å². The summed E-state index contributed by atoms with van der Waals surface area (Å²) in [6.45, 7) is 7.12. The highest BCUT2D eigenvalue weighted by Gasteiger charge is 2.38. The van der Waals surface area contributed by atoms with Gasteiger partial charge in [0.2, 0.25) is 5.91 Å². The number of carbonyl (C=O) groups is 1. The number of likely N-dealkylation sites (tertiary alicyclic amines) is 1. The van der Waals surface area contributed by atoms with Crippen LogP contribution in [0.2, 0.25) is 0 Å². The number of nitrogens with one attached hydrogen (secondary N) is 2. The minimum absolute atomic E-state index is 0.206. The van der Waals surface area contributed by atoms with Crippen molar-refractivity contribution in [3.8, 4) is 0 Å². The van der Waals surface area contributed by atoms with Gasteiger partial charge >= 0.3 is 0 Å². The molecule has 2 aliphatic rings. The summed E-state index contributed by atoms with van der Waals surface area (Å²) in [5, 5.41) is 6.45. The maximum absolute atomic E-state index is 12.0. The topological polar surface area (TPSA) is 44.4 Å². The van der Waals surface area contributed by atoms with Gasteiger partial charge in [0.25, 0.3) is 0 Å². The molecule has 4 nitrogen and oxygen atoms in total. The Labute approximate surface area is 130 Å². The molecule has 0 aromatic rings. The molecule has 1 aliphatic carbocycles. The van der Waals surface area contributed by atoms with Gasteiger partial charge in [-0.2, -0.15) is 0 Å². The van der Waals surface area contributed by atoms with Crippen LogP contribution in [-0.2, 0) is 4.79 Å². The largest absolute Gasteiger partial charge is 0.354 e. The number of piperidine rings is 1. The molecule has 0 aromatic carbocycles. The molecule has 2 fully saturated rings. The van der Waals surface area contributed by atoms with E-state index in [0.717, 1.165) is 19.6 Å².